The predicted molar refractivity (Wildman–Crippen MR) is 112 cm³/mol. The van der Waals surface area contributed by atoms with E-state index in [4.69, 9.17) is 4.84 Å². The number of benzene rings is 2. The number of aliphatic hydroxyl groups excluding tert-OH is 1. The molecule has 0 saturated carbocycles. The molecule has 2 N–H and O–H groups in total. The monoisotopic (exact) mass is 431 g/mol. The summed E-state index contributed by atoms with van der Waals surface area (Å²) in [7, 11) is 0. The number of hydrogen-bond acceptors (Lipinski definition) is 6. The number of carbonyl (C=O) groups excluding carboxylic acids is 1. The van der Waals surface area contributed by atoms with Crippen LogP contribution in [0.3, 0.4) is 0 Å². The normalized spacial score (nSPS) is 11.1. The van der Waals surface area contributed by atoms with Crippen molar-refractivity contribution in [3.63, 3.8) is 0 Å². The van der Waals surface area contributed by atoms with Gasteiger partial charge in [0, 0.05) is 17.7 Å². The lowest BCUT2D eigenvalue weighted by atomic mass is 10.1. The fraction of sp³-hybridized carbons (Fsp3) is 0.333. The van der Waals surface area contributed by atoms with Crippen molar-refractivity contribution in [2.45, 2.75) is 39.5 Å². The minimum atomic E-state index is -1.25. The van der Waals surface area contributed by atoms with E-state index < -0.39 is 29.0 Å². The highest BCUT2D eigenvalue weighted by molar-refractivity contribution is 5.94. The van der Waals surface area contributed by atoms with Crippen LogP contribution in [0.2, 0.25) is 0 Å². The summed E-state index contributed by atoms with van der Waals surface area (Å²) in [5.41, 5.74) is 0.540. The summed E-state index contributed by atoms with van der Waals surface area (Å²) in [5, 5.41) is 30.7. The molecule has 31 heavy (non-hydrogen) atoms. The number of carboxylic acid groups (broad SMARTS) is 1. The fourth-order valence-electron chi connectivity index (χ4n) is 2.72. The zero-order chi connectivity index (χ0) is 23.2. The average molecular weight is 431 g/mol. The van der Waals surface area contributed by atoms with Crippen molar-refractivity contribution < 1.29 is 29.6 Å². The Morgan fingerprint density at radius 2 is 1.74 bits per heavy atom. The molecule has 0 unspecified atom stereocenters. The Kier molecular flexibility index (Phi) is 7.67. The first kappa shape index (κ1) is 23.8. The molecule has 2 rings (SSSR count). The molecule has 2 amide bonds. The Hall–Kier alpha value is -3.50. The van der Waals surface area contributed by atoms with Gasteiger partial charge in [0.2, 0.25) is 0 Å². The molecule has 0 spiro atoms. The van der Waals surface area contributed by atoms with Crippen LogP contribution in [0.25, 0.3) is 0 Å². The van der Waals surface area contributed by atoms with Crippen molar-refractivity contribution in [3.05, 3.63) is 69.8 Å². The van der Waals surface area contributed by atoms with Crippen LogP contribution in [-0.2, 0) is 22.8 Å². The van der Waals surface area contributed by atoms with Crippen molar-refractivity contribution in [1.82, 2.24) is 4.90 Å². The summed E-state index contributed by atoms with van der Waals surface area (Å²) < 4.78 is 0. The molecular weight excluding hydrogens is 406 g/mol. The summed E-state index contributed by atoms with van der Waals surface area (Å²) in [6, 6.07) is 12.1. The van der Waals surface area contributed by atoms with Crippen LogP contribution in [0.5, 0.6) is 0 Å². The molecular formula is C21H25N3O7. The van der Waals surface area contributed by atoms with Crippen LogP contribution >= 0.6 is 0 Å². The van der Waals surface area contributed by atoms with Gasteiger partial charge in [-0.3, -0.25) is 24.6 Å². The molecule has 10 heteroatoms. The smallest absolute Gasteiger partial charge is 0.408 e. The Morgan fingerprint density at radius 3 is 2.26 bits per heavy atom. The number of rotatable bonds is 8. The Bertz CT molecular complexity index is 939. The third kappa shape index (κ3) is 6.49. The van der Waals surface area contributed by atoms with Crippen LogP contribution < -0.4 is 5.06 Å². The number of nitrogens with zero attached hydrogens (tertiary/aromatic N) is 3. The van der Waals surface area contributed by atoms with E-state index in [9.17, 15) is 29.9 Å². The second-order valence-corrected chi connectivity index (χ2v) is 7.75. The molecule has 0 aliphatic heterocycles. The maximum Gasteiger partial charge on any atom is 0.408 e. The molecule has 2 aromatic rings. The molecule has 0 atom stereocenters. The lowest BCUT2D eigenvalue weighted by Gasteiger charge is -2.34. The van der Waals surface area contributed by atoms with Gasteiger partial charge in [-0.15, -0.1) is 0 Å². The first-order valence-electron chi connectivity index (χ1n) is 9.42. The molecule has 0 aliphatic carbocycles. The third-order valence-corrected chi connectivity index (χ3v) is 4.40. The van der Waals surface area contributed by atoms with Gasteiger partial charge in [0.15, 0.2) is 0 Å². The van der Waals surface area contributed by atoms with E-state index in [0.29, 0.717) is 16.8 Å². The quantitative estimate of drug-likeness (QED) is 0.484. The maximum absolute atomic E-state index is 13.0. The summed E-state index contributed by atoms with van der Waals surface area (Å²) in [5.74, 6) is -0.630. The third-order valence-electron chi connectivity index (χ3n) is 4.40. The van der Waals surface area contributed by atoms with Gasteiger partial charge >= 0.3 is 6.09 Å². The number of nitro benzene ring substituents is 1. The van der Waals surface area contributed by atoms with E-state index in [-0.39, 0.29) is 18.9 Å². The SMILES string of the molecule is CC(C)(C)N(CC(=O)N(OCc1ccc([N+](=O)[O-])cc1)c1cccc(CO)c1)C(=O)O. The van der Waals surface area contributed by atoms with Gasteiger partial charge in [-0.05, 0) is 56.2 Å². The molecule has 166 valence electrons. The zero-order valence-electron chi connectivity index (χ0n) is 17.5. The van der Waals surface area contributed by atoms with E-state index in [1.165, 1.54) is 24.3 Å². The van der Waals surface area contributed by atoms with Crippen LogP contribution in [0.15, 0.2) is 48.5 Å². The second kappa shape index (κ2) is 10.0. The first-order valence-corrected chi connectivity index (χ1v) is 9.42. The largest absolute Gasteiger partial charge is 0.465 e. The van der Waals surface area contributed by atoms with Crippen molar-refractivity contribution in [1.29, 1.82) is 0 Å². The Morgan fingerprint density at radius 1 is 1.10 bits per heavy atom. The molecule has 10 nitrogen and oxygen atoms in total. The van der Waals surface area contributed by atoms with E-state index >= 15 is 0 Å². The van der Waals surface area contributed by atoms with Gasteiger partial charge in [0.05, 0.1) is 17.2 Å². The van der Waals surface area contributed by atoms with Crippen LogP contribution in [-0.4, -0.2) is 44.1 Å². The maximum atomic E-state index is 13.0. The summed E-state index contributed by atoms with van der Waals surface area (Å²) in [6.07, 6.45) is -1.25. The van der Waals surface area contributed by atoms with Gasteiger partial charge in [-0.1, -0.05) is 12.1 Å². The average Bonchev–Trinajstić information content (AvgIpc) is 2.71. The minimum absolute atomic E-state index is 0.0744. The van der Waals surface area contributed by atoms with Crippen LogP contribution in [0.1, 0.15) is 31.9 Å². The zero-order valence-corrected chi connectivity index (χ0v) is 17.5. The highest BCUT2D eigenvalue weighted by Crippen LogP contribution is 2.21. The first-order chi connectivity index (χ1) is 14.5. The molecule has 0 fully saturated rings. The lowest BCUT2D eigenvalue weighted by Crippen LogP contribution is -2.50. The summed E-state index contributed by atoms with van der Waals surface area (Å²) in [4.78, 5) is 41.6. The van der Waals surface area contributed by atoms with Crippen molar-refractivity contribution in [2.24, 2.45) is 0 Å². The summed E-state index contributed by atoms with van der Waals surface area (Å²) in [6.45, 7) is 4.22. The van der Waals surface area contributed by atoms with Gasteiger partial charge in [0.1, 0.15) is 13.2 Å². The number of hydroxylamine groups is 1. The number of aliphatic hydroxyl groups is 1. The van der Waals surface area contributed by atoms with E-state index in [0.717, 1.165) is 9.96 Å². The van der Waals surface area contributed by atoms with Crippen molar-refractivity contribution in [3.8, 4) is 0 Å². The second-order valence-electron chi connectivity index (χ2n) is 7.75. The van der Waals surface area contributed by atoms with E-state index in [1.54, 1.807) is 45.0 Å². The Labute approximate surface area is 179 Å². The molecule has 0 aliphatic rings. The number of hydrogen-bond donors (Lipinski definition) is 2. The number of anilines is 1. The lowest BCUT2D eigenvalue weighted by molar-refractivity contribution is -0.384. The molecule has 0 saturated heterocycles. The minimum Gasteiger partial charge on any atom is -0.465 e. The van der Waals surface area contributed by atoms with Gasteiger partial charge in [-0.25, -0.2) is 4.79 Å². The highest BCUT2D eigenvalue weighted by atomic mass is 16.7. The topological polar surface area (TPSA) is 133 Å². The van der Waals surface area contributed by atoms with Crippen LogP contribution in [0.4, 0.5) is 16.2 Å². The van der Waals surface area contributed by atoms with Crippen molar-refractivity contribution in [2.75, 3.05) is 11.6 Å². The number of amides is 2. The number of carbonyl (C=O) groups is 2. The van der Waals surface area contributed by atoms with Crippen molar-refractivity contribution >= 4 is 23.4 Å². The molecule has 0 aromatic heterocycles. The molecule has 2 aromatic carbocycles. The number of nitro groups is 1. The fourth-order valence-corrected chi connectivity index (χ4v) is 2.72. The number of non-ortho nitro benzene ring substituents is 1. The van der Waals surface area contributed by atoms with Gasteiger partial charge in [0.25, 0.3) is 11.6 Å². The standard InChI is InChI=1S/C21H25N3O7/c1-21(2,3)22(20(27)28)12-19(26)23(18-6-4-5-16(11-18)13-25)31-14-15-7-9-17(10-8-15)24(29)30/h4-11,25H,12-14H2,1-3H3,(H,27,28). The van der Waals surface area contributed by atoms with Crippen LogP contribution in [0, 0.1) is 10.1 Å². The van der Waals surface area contributed by atoms with E-state index in [1.807, 2.05) is 0 Å². The molecule has 0 bridgehead atoms. The highest BCUT2D eigenvalue weighted by Gasteiger charge is 2.31. The Balaban J connectivity index is 2.28. The molecule has 0 heterocycles. The van der Waals surface area contributed by atoms with Gasteiger partial charge in [-0.2, -0.15) is 5.06 Å². The van der Waals surface area contributed by atoms with E-state index in [2.05, 4.69) is 0 Å². The van der Waals surface area contributed by atoms with Gasteiger partial charge < -0.3 is 10.2 Å². The molecule has 0 radical (unpaired) electrons. The summed E-state index contributed by atoms with van der Waals surface area (Å²) >= 11 is 0. The predicted octanol–water partition coefficient (Wildman–Crippen LogP) is 3.33.